The van der Waals surface area contributed by atoms with Gasteiger partial charge in [0.15, 0.2) is 6.29 Å². The molecule has 0 radical (unpaired) electrons. The minimum Gasteiger partial charge on any atom is -0.486 e. The van der Waals surface area contributed by atoms with Crippen LogP contribution in [0, 0.1) is 6.92 Å². The van der Waals surface area contributed by atoms with Gasteiger partial charge in [-0.3, -0.25) is 9.59 Å². The highest BCUT2D eigenvalue weighted by molar-refractivity contribution is 7.99. The lowest BCUT2D eigenvalue weighted by Gasteiger charge is -2.33. The number of benzene rings is 4. The van der Waals surface area contributed by atoms with Crippen LogP contribution in [0.25, 0.3) is 0 Å². The lowest BCUT2D eigenvalue weighted by atomic mass is 9.96. The summed E-state index contributed by atoms with van der Waals surface area (Å²) in [5.74, 6) is 1.47. The quantitative estimate of drug-likeness (QED) is 0.164. The molecule has 0 aliphatic carbocycles. The molecule has 4 rings (SSSR count). The number of carbonyl (C=O) groups is 2. The summed E-state index contributed by atoms with van der Waals surface area (Å²) in [6, 6.07) is 36.3. The SMILES string of the molecule is CO.Cc1cc(SCCC(=O)N(Cc2ccccc2)C(c2ccccc2)c2ccccc2)ccc1OCC=O. The second-order valence-corrected chi connectivity index (χ2v) is 9.90. The number of aliphatic hydroxyl groups excluding tert-OH is 1. The van der Waals surface area contributed by atoms with Crippen molar-refractivity contribution in [2.45, 2.75) is 30.8 Å². The fraction of sp³-hybridized carbons (Fsp3) is 0.212. The molecule has 5 nitrogen and oxygen atoms in total. The zero-order valence-corrected chi connectivity index (χ0v) is 23.2. The Labute approximate surface area is 235 Å². The minimum absolute atomic E-state index is 0.0447. The van der Waals surface area contributed by atoms with Gasteiger partial charge in [0.05, 0.1) is 6.04 Å². The third-order valence-corrected chi connectivity index (χ3v) is 7.09. The molecule has 0 saturated heterocycles. The van der Waals surface area contributed by atoms with Crippen molar-refractivity contribution in [1.82, 2.24) is 4.90 Å². The maximum absolute atomic E-state index is 13.8. The van der Waals surface area contributed by atoms with Gasteiger partial charge in [0.2, 0.25) is 5.91 Å². The lowest BCUT2D eigenvalue weighted by molar-refractivity contribution is -0.133. The summed E-state index contributed by atoms with van der Waals surface area (Å²) in [5.41, 5.74) is 4.25. The van der Waals surface area contributed by atoms with Crippen LogP contribution in [0.15, 0.2) is 114 Å². The highest BCUT2D eigenvalue weighted by Crippen LogP contribution is 2.32. The molecule has 202 valence electrons. The van der Waals surface area contributed by atoms with Gasteiger partial charge in [0, 0.05) is 30.7 Å². The zero-order valence-electron chi connectivity index (χ0n) is 22.4. The van der Waals surface area contributed by atoms with Crippen molar-refractivity contribution in [3.05, 3.63) is 131 Å². The highest BCUT2D eigenvalue weighted by atomic mass is 32.2. The van der Waals surface area contributed by atoms with Crippen molar-refractivity contribution in [3.8, 4) is 5.75 Å². The van der Waals surface area contributed by atoms with Gasteiger partial charge in [0.1, 0.15) is 12.4 Å². The Balaban J connectivity index is 0.00000205. The van der Waals surface area contributed by atoms with Crippen LogP contribution >= 0.6 is 11.8 Å². The molecule has 0 aromatic heterocycles. The number of nitrogens with zero attached hydrogens (tertiary/aromatic N) is 1. The van der Waals surface area contributed by atoms with Crippen molar-refractivity contribution in [1.29, 1.82) is 0 Å². The van der Waals surface area contributed by atoms with E-state index in [1.54, 1.807) is 11.8 Å². The fourth-order valence-corrected chi connectivity index (χ4v) is 5.26. The molecule has 0 aliphatic heterocycles. The van der Waals surface area contributed by atoms with Crippen LogP contribution in [0.3, 0.4) is 0 Å². The van der Waals surface area contributed by atoms with E-state index < -0.39 is 0 Å². The summed E-state index contributed by atoms with van der Waals surface area (Å²) < 4.78 is 5.44. The first-order valence-corrected chi connectivity index (χ1v) is 13.8. The first-order valence-electron chi connectivity index (χ1n) is 12.8. The molecule has 1 amide bonds. The predicted molar refractivity (Wildman–Crippen MR) is 158 cm³/mol. The number of thioether (sulfide) groups is 1. The van der Waals surface area contributed by atoms with E-state index >= 15 is 0 Å². The topological polar surface area (TPSA) is 66.8 Å². The lowest BCUT2D eigenvalue weighted by Crippen LogP contribution is -2.35. The molecule has 0 spiro atoms. The largest absolute Gasteiger partial charge is 0.486 e. The molecule has 0 heterocycles. The first-order chi connectivity index (χ1) is 19.2. The van der Waals surface area contributed by atoms with Gasteiger partial charge in [-0.05, 0) is 47.4 Å². The second-order valence-electron chi connectivity index (χ2n) is 8.73. The molecule has 4 aromatic carbocycles. The number of aryl methyl sites for hydroxylation is 1. The highest BCUT2D eigenvalue weighted by Gasteiger charge is 2.26. The number of carbonyl (C=O) groups excluding carboxylic acids is 2. The van der Waals surface area contributed by atoms with E-state index in [0.717, 1.165) is 40.5 Å². The Hall–Kier alpha value is -3.87. The molecule has 1 N–H and O–H groups in total. The molecule has 4 aromatic rings. The smallest absolute Gasteiger partial charge is 0.224 e. The Bertz CT molecular complexity index is 1240. The molecule has 0 aliphatic rings. The molecule has 0 atom stereocenters. The molecule has 0 saturated carbocycles. The van der Waals surface area contributed by atoms with Crippen molar-refractivity contribution in [3.63, 3.8) is 0 Å². The van der Waals surface area contributed by atoms with E-state index in [4.69, 9.17) is 9.84 Å². The summed E-state index contributed by atoms with van der Waals surface area (Å²) in [5, 5.41) is 7.00. The number of amides is 1. The maximum Gasteiger partial charge on any atom is 0.224 e. The molecular weight excluding hydrogens is 506 g/mol. The van der Waals surface area contributed by atoms with E-state index in [2.05, 4.69) is 36.4 Å². The van der Waals surface area contributed by atoms with Gasteiger partial charge in [-0.15, -0.1) is 11.8 Å². The number of rotatable bonds is 12. The third-order valence-electron chi connectivity index (χ3n) is 6.10. The van der Waals surface area contributed by atoms with Gasteiger partial charge in [-0.25, -0.2) is 0 Å². The Morgan fingerprint density at radius 2 is 1.44 bits per heavy atom. The van der Waals surface area contributed by atoms with Gasteiger partial charge in [-0.1, -0.05) is 91.0 Å². The van der Waals surface area contributed by atoms with Crippen molar-refractivity contribution in [2.24, 2.45) is 0 Å². The van der Waals surface area contributed by atoms with Crippen LogP contribution in [-0.2, 0) is 16.1 Å². The number of hydrogen-bond donors (Lipinski definition) is 1. The molecule has 6 heteroatoms. The van der Waals surface area contributed by atoms with Crippen LogP contribution in [0.4, 0.5) is 0 Å². The van der Waals surface area contributed by atoms with Crippen molar-refractivity contribution < 1.29 is 19.4 Å². The normalized spacial score (nSPS) is 10.4. The predicted octanol–water partition coefficient (Wildman–Crippen LogP) is 6.48. The van der Waals surface area contributed by atoms with Gasteiger partial charge < -0.3 is 14.7 Å². The van der Waals surface area contributed by atoms with Crippen LogP contribution in [0.5, 0.6) is 5.75 Å². The number of ether oxygens (including phenoxy) is 1. The van der Waals surface area contributed by atoms with Crippen molar-refractivity contribution in [2.75, 3.05) is 19.5 Å². The molecular formula is C33H35NO4S. The number of aldehydes is 1. The number of hydrogen-bond acceptors (Lipinski definition) is 5. The first kappa shape index (κ1) is 29.7. The summed E-state index contributed by atoms with van der Waals surface area (Å²) in [6.45, 7) is 2.53. The van der Waals surface area contributed by atoms with E-state index in [1.165, 1.54) is 0 Å². The van der Waals surface area contributed by atoms with E-state index in [1.807, 2.05) is 84.6 Å². The molecule has 39 heavy (non-hydrogen) atoms. The summed E-state index contributed by atoms with van der Waals surface area (Å²) in [6.07, 6.45) is 1.16. The van der Waals surface area contributed by atoms with E-state index in [-0.39, 0.29) is 18.6 Å². The Morgan fingerprint density at radius 3 is 1.97 bits per heavy atom. The van der Waals surface area contributed by atoms with E-state index in [9.17, 15) is 9.59 Å². The number of aliphatic hydroxyl groups is 1. The average molecular weight is 542 g/mol. The maximum atomic E-state index is 13.8. The molecule has 0 bridgehead atoms. The molecule has 0 fully saturated rings. The summed E-state index contributed by atoms with van der Waals surface area (Å²) in [7, 11) is 1.00. The summed E-state index contributed by atoms with van der Waals surface area (Å²) >= 11 is 1.65. The molecule has 0 unspecified atom stereocenters. The second kappa shape index (κ2) is 16.2. The van der Waals surface area contributed by atoms with Crippen LogP contribution in [0.1, 0.15) is 34.7 Å². The zero-order chi connectivity index (χ0) is 27.9. The Kier molecular flexibility index (Phi) is 12.3. The summed E-state index contributed by atoms with van der Waals surface area (Å²) in [4.78, 5) is 27.5. The van der Waals surface area contributed by atoms with Crippen LogP contribution in [-0.4, -0.2) is 41.7 Å². The standard InChI is InChI=1S/C32H31NO3S.CH4O/c1-25-23-29(17-18-30(25)36-21-20-34)37-22-19-31(35)33(24-26-11-5-2-6-12-26)32(27-13-7-3-8-14-27)28-15-9-4-10-16-28;1-2/h2-18,20,23,32H,19,21-22,24H2,1H3;2H,1H3. The third kappa shape index (κ3) is 8.84. The monoisotopic (exact) mass is 541 g/mol. The van der Waals surface area contributed by atoms with Crippen LogP contribution < -0.4 is 4.74 Å². The minimum atomic E-state index is -0.184. The van der Waals surface area contributed by atoms with Crippen LogP contribution in [0.2, 0.25) is 0 Å². The fourth-order valence-electron chi connectivity index (χ4n) is 4.32. The Morgan fingerprint density at radius 1 is 0.872 bits per heavy atom. The van der Waals surface area contributed by atoms with Crippen molar-refractivity contribution >= 4 is 24.0 Å². The van der Waals surface area contributed by atoms with Gasteiger partial charge in [-0.2, -0.15) is 0 Å². The average Bonchev–Trinajstić information content (AvgIpc) is 2.99. The van der Waals surface area contributed by atoms with Gasteiger partial charge >= 0.3 is 0 Å². The van der Waals surface area contributed by atoms with Gasteiger partial charge in [0.25, 0.3) is 0 Å². The van der Waals surface area contributed by atoms with E-state index in [0.29, 0.717) is 24.5 Å².